The van der Waals surface area contributed by atoms with Gasteiger partial charge in [0.25, 0.3) is 0 Å². The molecule has 2 aromatic carbocycles. The summed E-state index contributed by atoms with van der Waals surface area (Å²) in [6.45, 7) is 18.4. The van der Waals surface area contributed by atoms with Gasteiger partial charge in [-0.15, -0.1) is 0 Å². The Morgan fingerprint density at radius 2 is 1.21 bits per heavy atom. The third kappa shape index (κ3) is 15.3. The number of carbonyl (C=O) groups excluding carboxylic acids is 3. The van der Waals surface area contributed by atoms with E-state index in [-0.39, 0.29) is 17.8 Å². The molecule has 2 aromatic rings. The summed E-state index contributed by atoms with van der Waals surface area (Å²) < 4.78 is 23.0. The highest BCUT2D eigenvalue weighted by Gasteiger charge is 2.26. The maximum Gasteiger partial charge on any atom is 0.410 e. The van der Waals surface area contributed by atoms with Crippen LogP contribution in [0, 0.1) is 0 Å². The van der Waals surface area contributed by atoms with Gasteiger partial charge >= 0.3 is 12.2 Å². The van der Waals surface area contributed by atoms with Gasteiger partial charge in [-0.25, -0.2) is 9.59 Å². The Bertz CT molecular complexity index is 1300. The number of nitrogens with zero attached hydrogens (tertiary/aromatic N) is 3. The number of hydrogen-bond acceptors (Lipinski definition) is 9. The number of aldehydes is 1. The number of nitrogens with one attached hydrogen (secondary N) is 1. The van der Waals surface area contributed by atoms with Crippen LogP contribution in [0.2, 0.25) is 0 Å². The minimum Gasteiger partial charge on any atom is -0.496 e. The minimum atomic E-state index is -0.445. The lowest BCUT2D eigenvalue weighted by Gasteiger charge is -2.35. The Balaban J connectivity index is 0.000000270. The molecule has 2 saturated heterocycles. The van der Waals surface area contributed by atoms with Crippen LogP contribution in [-0.2, 0) is 16.0 Å². The number of rotatable bonds is 5. The molecule has 0 aliphatic carbocycles. The fourth-order valence-corrected chi connectivity index (χ4v) is 5.14. The van der Waals surface area contributed by atoms with Crippen LogP contribution in [-0.4, -0.2) is 111 Å². The number of carbonyl (C=O) groups is 3. The van der Waals surface area contributed by atoms with Gasteiger partial charge in [0.2, 0.25) is 0 Å². The van der Waals surface area contributed by atoms with E-state index < -0.39 is 5.60 Å². The molecule has 4 rings (SSSR count). The summed E-state index contributed by atoms with van der Waals surface area (Å²) in [6.07, 6.45) is 0.345. The lowest BCUT2D eigenvalue weighted by atomic mass is 10.1. The van der Waals surface area contributed by atoms with E-state index in [1.807, 2.05) is 53.7 Å². The van der Waals surface area contributed by atoms with E-state index >= 15 is 0 Å². The van der Waals surface area contributed by atoms with Crippen molar-refractivity contribution in [1.82, 2.24) is 20.0 Å². The second kappa shape index (κ2) is 19.2. The van der Waals surface area contributed by atoms with Crippen molar-refractivity contribution in [3.8, 4) is 11.5 Å². The molecule has 13 heteroatoms. The number of ether oxygens (including phenoxy) is 4. The number of methoxy groups -OCH3 is 2. The average Bonchev–Trinajstić information content (AvgIpc) is 3.01. The van der Waals surface area contributed by atoms with Gasteiger partial charge < -0.3 is 34.1 Å². The zero-order valence-corrected chi connectivity index (χ0v) is 32.0. The third-order valence-corrected chi connectivity index (χ3v) is 7.74. The van der Waals surface area contributed by atoms with Crippen LogP contribution >= 0.6 is 31.9 Å². The molecule has 2 heterocycles. The lowest BCUT2D eigenvalue weighted by Crippen LogP contribution is -2.49. The maximum atomic E-state index is 12.1. The van der Waals surface area contributed by atoms with E-state index in [1.165, 1.54) is 7.11 Å². The van der Waals surface area contributed by atoms with E-state index in [0.717, 1.165) is 72.4 Å². The van der Waals surface area contributed by atoms with Crippen LogP contribution in [0.25, 0.3) is 0 Å². The number of benzene rings is 2. The maximum absolute atomic E-state index is 12.1. The van der Waals surface area contributed by atoms with Gasteiger partial charge in [0.15, 0.2) is 6.29 Å². The monoisotopic (exact) mass is 784 g/mol. The first-order valence-electron chi connectivity index (χ1n) is 15.5. The van der Waals surface area contributed by atoms with Crippen molar-refractivity contribution >= 4 is 50.3 Å². The van der Waals surface area contributed by atoms with Gasteiger partial charge in [0.05, 0.1) is 19.8 Å². The smallest absolute Gasteiger partial charge is 0.410 e. The molecule has 47 heavy (non-hydrogen) atoms. The van der Waals surface area contributed by atoms with E-state index in [2.05, 4.69) is 48.1 Å². The standard InChI is InChI=1S/C17H25BrN2O3.C9H18N2O2.C8H7BrO2/c1-17(2,3)23-16(21)20-9-7-19(8-10-20)12-13-5-6-14(18)11-15(13)22-4;1-9(2,3)13-8(12)11-6-4-10-5-7-11;1-11-8-4-7(9)3-2-6(8)5-10/h5-6,11H,7-10,12H2,1-4H3;10H,4-7H2,1-3H3;2-5H,1H3. The topological polar surface area (TPSA) is 110 Å². The number of piperazine rings is 2. The molecule has 2 aliphatic rings. The van der Waals surface area contributed by atoms with Crippen molar-refractivity contribution in [1.29, 1.82) is 0 Å². The third-order valence-electron chi connectivity index (χ3n) is 6.76. The van der Waals surface area contributed by atoms with Crippen molar-refractivity contribution in [3.05, 3.63) is 56.5 Å². The summed E-state index contributed by atoms with van der Waals surface area (Å²) in [5.41, 5.74) is 0.887. The van der Waals surface area contributed by atoms with Gasteiger partial charge in [-0.05, 0) is 71.9 Å². The molecule has 2 fully saturated rings. The van der Waals surface area contributed by atoms with E-state index in [9.17, 15) is 14.4 Å². The SMILES string of the molecule is CC(C)(C)OC(=O)N1CCNCC1.COc1cc(Br)ccc1C=O.COc1cc(Br)ccc1CN1CCN(C(=O)OC(C)(C)C)CC1. The Hall–Kier alpha value is -2.87. The first kappa shape index (κ1) is 40.3. The summed E-state index contributed by atoms with van der Waals surface area (Å²) in [5.74, 6) is 1.48. The lowest BCUT2D eigenvalue weighted by molar-refractivity contribution is 0.0137. The second-order valence-corrected chi connectivity index (χ2v) is 14.8. The molecule has 0 atom stereocenters. The minimum absolute atomic E-state index is 0.200. The van der Waals surface area contributed by atoms with Gasteiger partial charge in [-0.1, -0.05) is 37.9 Å². The van der Waals surface area contributed by atoms with Gasteiger partial charge in [-0.2, -0.15) is 0 Å². The normalized spacial score (nSPS) is 15.3. The van der Waals surface area contributed by atoms with Crippen LogP contribution in [0.5, 0.6) is 11.5 Å². The molecule has 1 N–H and O–H groups in total. The number of hydrogen-bond donors (Lipinski definition) is 1. The van der Waals surface area contributed by atoms with E-state index in [4.69, 9.17) is 18.9 Å². The Kier molecular flexibility index (Phi) is 16.5. The molecule has 0 unspecified atom stereocenters. The van der Waals surface area contributed by atoms with Gasteiger partial charge in [0.1, 0.15) is 22.7 Å². The molecule has 11 nitrogen and oxygen atoms in total. The zero-order chi connectivity index (χ0) is 35.2. The molecular weight excluding hydrogens is 736 g/mol. The predicted octanol–water partition coefficient (Wildman–Crippen LogP) is 6.61. The second-order valence-electron chi connectivity index (χ2n) is 12.9. The van der Waals surface area contributed by atoms with Crippen molar-refractivity contribution in [3.63, 3.8) is 0 Å². The summed E-state index contributed by atoms with van der Waals surface area (Å²) in [7, 11) is 3.22. The summed E-state index contributed by atoms with van der Waals surface area (Å²) >= 11 is 6.73. The van der Waals surface area contributed by atoms with Crippen LogP contribution in [0.4, 0.5) is 9.59 Å². The van der Waals surface area contributed by atoms with Crippen molar-refractivity contribution < 1.29 is 33.3 Å². The molecule has 0 aromatic heterocycles. The van der Waals surface area contributed by atoms with Crippen LogP contribution < -0.4 is 14.8 Å². The Morgan fingerprint density at radius 1 is 0.745 bits per heavy atom. The highest BCUT2D eigenvalue weighted by atomic mass is 79.9. The fourth-order valence-electron chi connectivity index (χ4n) is 4.46. The quantitative estimate of drug-likeness (QED) is 0.335. The molecule has 0 spiro atoms. The highest BCUT2D eigenvalue weighted by Crippen LogP contribution is 2.25. The first-order valence-corrected chi connectivity index (χ1v) is 17.1. The zero-order valence-electron chi connectivity index (χ0n) is 28.9. The molecule has 0 radical (unpaired) electrons. The molecule has 2 aliphatic heterocycles. The largest absolute Gasteiger partial charge is 0.496 e. The molecule has 2 amide bonds. The van der Waals surface area contributed by atoms with Crippen LogP contribution in [0.15, 0.2) is 45.3 Å². The highest BCUT2D eigenvalue weighted by molar-refractivity contribution is 9.10. The molecule has 0 bridgehead atoms. The molecular formula is C34H50Br2N4O7. The number of halogens is 2. The summed E-state index contributed by atoms with van der Waals surface area (Å²) in [5, 5.41) is 3.18. The van der Waals surface area contributed by atoms with Gasteiger partial charge in [-0.3, -0.25) is 9.69 Å². The fraction of sp³-hybridized carbons (Fsp3) is 0.559. The van der Waals surface area contributed by atoms with E-state index in [1.54, 1.807) is 35.1 Å². The van der Waals surface area contributed by atoms with Crippen LogP contribution in [0.1, 0.15) is 57.5 Å². The van der Waals surface area contributed by atoms with Crippen molar-refractivity contribution in [2.75, 3.05) is 66.6 Å². The Labute approximate surface area is 296 Å². The van der Waals surface area contributed by atoms with Crippen LogP contribution in [0.3, 0.4) is 0 Å². The molecule has 0 saturated carbocycles. The van der Waals surface area contributed by atoms with Crippen molar-refractivity contribution in [2.24, 2.45) is 0 Å². The summed E-state index contributed by atoms with van der Waals surface area (Å²) in [4.78, 5) is 39.8. The summed E-state index contributed by atoms with van der Waals surface area (Å²) in [6, 6.07) is 11.3. The molecule has 262 valence electrons. The van der Waals surface area contributed by atoms with Crippen molar-refractivity contribution in [2.45, 2.75) is 59.3 Å². The van der Waals surface area contributed by atoms with Gasteiger partial charge in [0, 0.05) is 73.4 Å². The first-order chi connectivity index (χ1) is 22.0. The Morgan fingerprint density at radius 3 is 1.68 bits per heavy atom. The number of amides is 2. The van der Waals surface area contributed by atoms with E-state index in [0.29, 0.717) is 24.4 Å². The predicted molar refractivity (Wildman–Crippen MR) is 191 cm³/mol. The average molecular weight is 787 g/mol.